The second kappa shape index (κ2) is 9.11. The van der Waals surface area contributed by atoms with Crippen molar-refractivity contribution in [3.8, 4) is 0 Å². The number of rotatable bonds is 3. The van der Waals surface area contributed by atoms with E-state index in [0.717, 1.165) is 0 Å². The third-order valence-corrected chi connectivity index (χ3v) is 5.49. The number of benzene rings is 3. The standard InChI is InChI=1S/C18H15P.ClH.Rh/c1-4-10-16(11-5-1)19(17-12-6-2-7-13-17)18-14-8-3-9-15-18;;/h1-15H;1H;/p-1. The van der Waals surface area contributed by atoms with Crippen LogP contribution in [0.4, 0.5) is 0 Å². The van der Waals surface area contributed by atoms with Gasteiger partial charge in [0.25, 0.3) is 0 Å². The summed E-state index contributed by atoms with van der Waals surface area (Å²) in [6.07, 6.45) is 0. The minimum Gasteiger partial charge on any atom is -1.00 e. The van der Waals surface area contributed by atoms with E-state index in [2.05, 4.69) is 91.0 Å². The van der Waals surface area contributed by atoms with Gasteiger partial charge in [-0.2, -0.15) is 0 Å². The fraction of sp³-hybridized carbons (Fsp3) is 0. The minimum atomic E-state index is -0.446. The van der Waals surface area contributed by atoms with Crippen LogP contribution < -0.4 is 28.3 Å². The molecule has 1 radical (unpaired) electrons. The Bertz CT molecular complexity index is 535. The first kappa shape index (κ1) is 18.1. The maximum Gasteiger partial charge on any atom is 0 e. The van der Waals surface area contributed by atoms with Gasteiger partial charge in [0, 0.05) is 19.5 Å². The molecule has 3 aromatic rings. The van der Waals surface area contributed by atoms with Gasteiger partial charge >= 0.3 is 0 Å². The van der Waals surface area contributed by atoms with Crippen molar-refractivity contribution < 1.29 is 31.9 Å². The van der Waals surface area contributed by atoms with Crippen LogP contribution in [-0.2, 0) is 19.5 Å². The first-order valence-electron chi connectivity index (χ1n) is 6.40. The maximum absolute atomic E-state index is 2.23. The minimum absolute atomic E-state index is 0. The molecule has 0 aliphatic heterocycles. The second-order valence-corrected chi connectivity index (χ2v) is 6.56. The molecular formula is C18H15ClPRh-. The van der Waals surface area contributed by atoms with E-state index in [1.165, 1.54) is 15.9 Å². The monoisotopic (exact) mass is 400 g/mol. The molecule has 3 aromatic carbocycles. The van der Waals surface area contributed by atoms with Gasteiger partial charge in [-0.05, 0) is 23.8 Å². The maximum atomic E-state index is 2.23. The molecule has 21 heavy (non-hydrogen) atoms. The van der Waals surface area contributed by atoms with Crippen molar-refractivity contribution in [3.63, 3.8) is 0 Å². The fourth-order valence-electron chi connectivity index (χ4n) is 2.18. The van der Waals surface area contributed by atoms with E-state index in [9.17, 15) is 0 Å². The Balaban J connectivity index is 0.00000110. The molecule has 0 atom stereocenters. The van der Waals surface area contributed by atoms with Crippen molar-refractivity contribution in [1.82, 2.24) is 0 Å². The molecule has 0 aliphatic carbocycles. The van der Waals surface area contributed by atoms with Gasteiger partial charge in [-0.3, -0.25) is 0 Å². The van der Waals surface area contributed by atoms with Crippen LogP contribution in [0.1, 0.15) is 0 Å². The van der Waals surface area contributed by atoms with Gasteiger partial charge in [0.05, 0.1) is 0 Å². The third-order valence-electron chi connectivity index (χ3n) is 3.04. The van der Waals surface area contributed by atoms with Crippen molar-refractivity contribution >= 4 is 23.8 Å². The van der Waals surface area contributed by atoms with E-state index in [-0.39, 0.29) is 31.9 Å². The average molecular weight is 401 g/mol. The van der Waals surface area contributed by atoms with Gasteiger partial charge in [0.2, 0.25) is 0 Å². The Morgan fingerprint density at radius 1 is 0.429 bits per heavy atom. The van der Waals surface area contributed by atoms with Crippen molar-refractivity contribution in [2.75, 3.05) is 0 Å². The molecule has 3 heteroatoms. The molecule has 0 unspecified atom stereocenters. The zero-order valence-corrected chi connectivity index (χ0v) is 14.6. The number of hydrogen-bond acceptors (Lipinski definition) is 0. The summed E-state index contributed by atoms with van der Waals surface area (Å²) in [5.74, 6) is 0. The summed E-state index contributed by atoms with van der Waals surface area (Å²) in [6, 6.07) is 32.3. The number of halogens is 1. The summed E-state index contributed by atoms with van der Waals surface area (Å²) in [6.45, 7) is 0. The quantitative estimate of drug-likeness (QED) is 0.442. The smallest absolute Gasteiger partial charge is 0 e. The van der Waals surface area contributed by atoms with Crippen molar-refractivity contribution in [1.29, 1.82) is 0 Å². The van der Waals surface area contributed by atoms with E-state index in [1.54, 1.807) is 0 Å². The van der Waals surface area contributed by atoms with Gasteiger partial charge in [0.15, 0.2) is 0 Å². The van der Waals surface area contributed by atoms with Gasteiger partial charge in [-0.25, -0.2) is 0 Å². The van der Waals surface area contributed by atoms with Crippen LogP contribution in [0.15, 0.2) is 91.0 Å². The van der Waals surface area contributed by atoms with Crippen LogP contribution in [0.3, 0.4) is 0 Å². The molecule has 0 nitrogen and oxygen atoms in total. The topological polar surface area (TPSA) is 0 Å². The predicted octanol–water partition coefficient (Wildman–Crippen LogP) is 0.446. The summed E-state index contributed by atoms with van der Waals surface area (Å²) in [5.41, 5.74) is 0. The first-order chi connectivity index (χ1) is 9.45. The number of hydrogen-bond donors (Lipinski definition) is 0. The van der Waals surface area contributed by atoms with Crippen LogP contribution in [0.25, 0.3) is 0 Å². The van der Waals surface area contributed by atoms with Crippen molar-refractivity contribution in [3.05, 3.63) is 91.0 Å². The molecule has 109 valence electrons. The summed E-state index contributed by atoms with van der Waals surface area (Å²) in [4.78, 5) is 0. The van der Waals surface area contributed by atoms with E-state index < -0.39 is 7.92 Å². The van der Waals surface area contributed by atoms with Gasteiger partial charge in [-0.1, -0.05) is 91.0 Å². The summed E-state index contributed by atoms with van der Waals surface area (Å²) < 4.78 is 0. The van der Waals surface area contributed by atoms with Crippen LogP contribution >= 0.6 is 7.92 Å². The molecule has 0 aromatic heterocycles. The van der Waals surface area contributed by atoms with Crippen LogP contribution in [0.5, 0.6) is 0 Å². The molecule has 0 N–H and O–H groups in total. The van der Waals surface area contributed by atoms with E-state index in [4.69, 9.17) is 0 Å². The molecule has 0 saturated heterocycles. The molecule has 0 amide bonds. The Hall–Kier alpha value is -0.997. The molecule has 0 heterocycles. The Morgan fingerprint density at radius 3 is 0.905 bits per heavy atom. The molecule has 0 bridgehead atoms. The second-order valence-electron chi connectivity index (χ2n) is 4.34. The van der Waals surface area contributed by atoms with E-state index in [0.29, 0.717) is 0 Å². The van der Waals surface area contributed by atoms with Gasteiger partial charge in [0.1, 0.15) is 0 Å². The zero-order valence-electron chi connectivity index (χ0n) is 11.3. The molecular weight excluding hydrogens is 386 g/mol. The fourth-order valence-corrected chi connectivity index (χ4v) is 4.48. The average Bonchev–Trinajstić information content (AvgIpc) is 2.51. The third kappa shape index (κ3) is 4.48. The van der Waals surface area contributed by atoms with Crippen LogP contribution in [0, 0.1) is 0 Å². The van der Waals surface area contributed by atoms with Crippen molar-refractivity contribution in [2.45, 2.75) is 0 Å². The molecule has 0 aliphatic rings. The first-order valence-corrected chi connectivity index (χ1v) is 7.74. The van der Waals surface area contributed by atoms with Gasteiger partial charge in [-0.15, -0.1) is 0 Å². The molecule has 0 spiro atoms. The normalized spacial score (nSPS) is 9.57. The van der Waals surface area contributed by atoms with E-state index >= 15 is 0 Å². The predicted molar refractivity (Wildman–Crippen MR) is 85.1 cm³/mol. The SMILES string of the molecule is [Cl-].[Rh].c1ccc(P(c2ccccc2)c2ccccc2)cc1. The summed E-state index contributed by atoms with van der Waals surface area (Å²) >= 11 is 0. The van der Waals surface area contributed by atoms with Crippen LogP contribution in [0.2, 0.25) is 0 Å². The molecule has 0 fully saturated rings. The zero-order chi connectivity index (χ0) is 12.9. The van der Waals surface area contributed by atoms with Gasteiger partial charge < -0.3 is 12.4 Å². The Kier molecular flexibility index (Phi) is 7.83. The molecule has 3 rings (SSSR count). The Labute approximate surface area is 146 Å². The largest absolute Gasteiger partial charge is 1.00 e. The summed E-state index contributed by atoms with van der Waals surface area (Å²) in [5, 5.41) is 4.19. The Morgan fingerprint density at radius 2 is 0.667 bits per heavy atom. The summed E-state index contributed by atoms with van der Waals surface area (Å²) in [7, 11) is -0.446. The van der Waals surface area contributed by atoms with Crippen molar-refractivity contribution in [2.24, 2.45) is 0 Å². The van der Waals surface area contributed by atoms with Crippen LogP contribution in [-0.4, -0.2) is 0 Å². The van der Waals surface area contributed by atoms with E-state index in [1.807, 2.05) is 0 Å². The molecule has 0 saturated carbocycles.